The molecule has 1 N–H and O–H groups in total. The number of fused-ring (bicyclic) bond motifs is 1. The Labute approximate surface area is 167 Å². The molecule has 146 valence electrons. The molecule has 0 radical (unpaired) electrons. The summed E-state index contributed by atoms with van der Waals surface area (Å²) in [5, 5.41) is 15.7. The molecule has 1 aliphatic heterocycles. The molecule has 1 atom stereocenters. The van der Waals surface area contributed by atoms with Crippen LogP contribution in [0.2, 0.25) is 0 Å². The summed E-state index contributed by atoms with van der Waals surface area (Å²) in [6, 6.07) is 11.0. The number of carbonyl (C=O) groups excluding carboxylic acids is 1. The first-order valence-electron chi connectivity index (χ1n) is 9.04. The van der Waals surface area contributed by atoms with Gasteiger partial charge in [-0.3, -0.25) is 4.79 Å². The quantitative estimate of drug-likeness (QED) is 0.674. The summed E-state index contributed by atoms with van der Waals surface area (Å²) in [5.41, 5.74) is 2.70. The number of benzene rings is 1. The number of ether oxygens (including phenoxy) is 2. The number of aryl methyl sites for hydroxylation is 1. The maximum absolute atomic E-state index is 12.5. The largest absolute Gasteiger partial charge is 0.481 e. The van der Waals surface area contributed by atoms with Gasteiger partial charge in [-0.25, -0.2) is 0 Å². The molecule has 8 nitrogen and oxygen atoms in total. The van der Waals surface area contributed by atoms with Gasteiger partial charge in [0, 0.05) is 24.0 Å². The van der Waals surface area contributed by atoms with E-state index in [-0.39, 0.29) is 18.4 Å². The molecule has 4 rings (SSSR count). The van der Waals surface area contributed by atoms with Gasteiger partial charge in [0.15, 0.2) is 5.82 Å². The molecule has 1 aromatic carbocycles. The number of anilines is 1. The molecule has 1 amide bonds. The maximum Gasteiger partial charge on any atom is 0.233 e. The molecule has 3 heterocycles. The van der Waals surface area contributed by atoms with E-state index < -0.39 is 0 Å². The highest BCUT2D eigenvalue weighted by atomic mass is 16.5. The third-order valence-electron chi connectivity index (χ3n) is 4.74. The van der Waals surface area contributed by atoms with E-state index in [0.717, 1.165) is 16.8 Å². The topological polar surface area (TPSA) is 91.2 Å². The van der Waals surface area contributed by atoms with Gasteiger partial charge in [0.2, 0.25) is 11.8 Å². The molecule has 0 unspecified atom stereocenters. The Hall–Kier alpha value is -3.86. The van der Waals surface area contributed by atoms with Crippen LogP contribution in [0.15, 0.2) is 36.4 Å². The second-order valence-corrected chi connectivity index (χ2v) is 6.56. The van der Waals surface area contributed by atoms with Crippen molar-refractivity contribution in [2.75, 3.05) is 19.0 Å². The summed E-state index contributed by atoms with van der Waals surface area (Å²) in [6.07, 6.45) is 5.59. The minimum absolute atomic E-state index is 0.0972. The van der Waals surface area contributed by atoms with Gasteiger partial charge in [-0.15, -0.1) is 16.6 Å². The molecule has 8 heteroatoms. The number of hydrogen-bond acceptors (Lipinski definition) is 6. The summed E-state index contributed by atoms with van der Waals surface area (Å²) in [5.74, 6) is 4.35. The summed E-state index contributed by atoms with van der Waals surface area (Å²) in [4.78, 5) is 12.5. The Bertz CT molecular complexity index is 1100. The smallest absolute Gasteiger partial charge is 0.233 e. The number of aromatic nitrogens is 4. The SMILES string of the molecule is C#CCOc1cccc([C@H]2CC(=O)Nc3c2c(C)nn3-c2ccc(OC)nn2)c1. The van der Waals surface area contributed by atoms with Gasteiger partial charge >= 0.3 is 0 Å². The fraction of sp³-hybridized carbons (Fsp3) is 0.238. The Morgan fingerprint density at radius 2 is 2.17 bits per heavy atom. The van der Waals surface area contributed by atoms with E-state index in [9.17, 15) is 4.79 Å². The predicted molar refractivity (Wildman–Crippen MR) is 106 cm³/mol. The van der Waals surface area contributed by atoms with E-state index in [1.807, 2.05) is 31.2 Å². The van der Waals surface area contributed by atoms with Crippen molar-refractivity contribution in [1.29, 1.82) is 0 Å². The molecule has 0 bridgehead atoms. The highest BCUT2D eigenvalue weighted by molar-refractivity contribution is 5.95. The second-order valence-electron chi connectivity index (χ2n) is 6.56. The third kappa shape index (κ3) is 3.50. The molecule has 3 aromatic rings. The van der Waals surface area contributed by atoms with Gasteiger partial charge in [-0.05, 0) is 30.7 Å². The van der Waals surface area contributed by atoms with Crippen LogP contribution in [0.3, 0.4) is 0 Å². The van der Waals surface area contributed by atoms with Crippen LogP contribution in [0.25, 0.3) is 5.82 Å². The molecule has 0 saturated carbocycles. The lowest BCUT2D eigenvalue weighted by Gasteiger charge is -2.24. The predicted octanol–water partition coefficient (Wildman–Crippen LogP) is 2.47. The molecule has 0 spiro atoms. The first kappa shape index (κ1) is 18.5. The molecule has 0 saturated heterocycles. The molecular formula is C21H19N5O3. The van der Waals surface area contributed by atoms with Crippen LogP contribution in [0.5, 0.6) is 11.6 Å². The summed E-state index contributed by atoms with van der Waals surface area (Å²) < 4.78 is 12.2. The fourth-order valence-electron chi connectivity index (χ4n) is 3.48. The summed E-state index contributed by atoms with van der Waals surface area (Å²) >= 11 is 0. The third-order valence-corrected chi connectivity index (χ3v) is 4.74. The van der Waals surface area contributed by atoms with E-state index in [1.54, 1.807) is 16.8 Å². The van der Waals surface area contributed by atoms with Crippen LogP contribution in [0.4, 0.5) is 5.82 Å². The van der Waals surface area contributed by atoms with E-state index >= 15 is 0 Å². The molecule has 0 aliphatic carbocycles. The molecule has 2 aromatic heterocycles. The van der Waals surface area contributed by atoms with Crippen LogP contribution >= 0.6 is 0 Å². The van der Waals surface area contributed by atoms with E-state index in [4.69, 9.17) is 15.9 Å². The van der Waals surface area contributed by atoms with E-state index in [1.165, 1.54) is 7.11 Å². The average Bonchev–Trinajstić information content (AvgIpc) is 3.08. The minimum atomic E-state index is -0.159. The summed E-state index contributed by atoms with van der Waals surface area (Å²) in [7, 11) is 1.52. The Balaban J connectivity index is 1.77. The van der Waals surface area contributed by atoms with Crippen molar-refractivity contribution in [3.05, 3.63) is 53.2 Å². The van der Waals surface area contributed by atoms with Gasteiger partial charge < -0.3 is 14.8 Å². The molecule has 0 fully saturated rings. The van der Waals surface area contributed by atoms with Gasteiger partial charge in [0.25, 0.3) is 0 Å². The number of methoxy groups -OCH3 is 1. The molecular weight excluding hydrogens is 370 g/mol. The lowest BCUT2D eigenvalue weighted by atomic mass is 9.86. The minimum Gasteiger partial charge on any atom is -0.481 e. The standard InChI is InChI=1S/C21H19N5O3/c1-4-10-29-15-7-5-6-14(11-15)16-12-18(27)22-21-20(16)13(2)25-26(21)17-8-9-19(28-3)24-23-17/h1,5-9,11,16H,10,12H2,2-3H3,(H,22,27)/t16-/m1/s1. The van der Waals surface area contributed by atoms with Crippen molar-refractivity contribution in [1.82, 2.24) is 20.0 Å². The monoisotopic (exact) mass is 389 g/mol. The highest BCUT2D eigenvalue weighted by Gasteiger charge is 2.33. The number of carbonyl (C=O) groups is 1. The number of nitrogens with zero attached hydrogens (tertiary/aromatic N) is 4. The molecule has 29 heavy (non-hydrogen) atoms. The van der Waals surface area contributed by atoms with Crippen molar-refractivity contribution < 1.29 is 14.3 Å². The average molecular weight is 389 g/mol. The van der Waals surface area contributed by atoms with Gasteiger partial charge in [0.05, 0.1) is 12.8 Å². The van der Waals surface area contributed by atoms with Crippen molar-refractivity contribution in [3.63, 3.8) is 0 Å². The zero-order chi connectivity index (χ0) is 20.4. The lowest BCUT2D eigenvalue weighted by Crippen LogP contribution is -2.25. The van der Waals surface area contributed by atoms with Crippen LogP contribution < -0.4 is 14.8 Å². The Kier molecular flexibility index (Phi) is 4.87. The van der Waals surface area contributed by atoms with Crippen LogP contribution in [0.1, 0.15) is 29.2 Å². The maximum atomic E-state index is 12.5. The van der Waals surface area contributed by atoms with E-state index in [2.05, 4.69) is 26.5 Å². The van der Waals surface area contributed by atoms with Gasteiger partial charge in [-0.2, -0.15) is 9.78 Å². The first-order valence-corrected chi connectivity index (χ1v) is 9.04. The van der Waals surface area contributed by atoms with Crippen LogP contribution in [-0.2, 0) is 4.79 Å². The van der Waals surface area contributed by atoms with E-state index in [0.29, 0.717) is 29.7 Å². The van der Waals surface area contributed by atoms with Gasteiger partial charge in [-0.1, -0.05) is 18.1 Å². The number of hydrogen-bond donors (Lipinski definition) is 1. The second kappa shape index (κ2) is 7.64. The van der Waals surface area contributed by atoms with Crippen LogP contribution in [-0.4, -0.2) is 39.6 Å². The van der Waals surface area contributed by atoms with Crippen molar-refractivity contribution >= 4 is 11.7 Å². The number of amides is 1. The highest BCUT2D eigenvalue weighted by Crippen LogP contribution is 2.40. The van der Waals surface area contributed by atoms with Crippen molar-refractivity contribution in [2.24, 2.45) is 0 Å². The van der Waals surface area contributed by atoms with Crippen molar-refractivity contribution in [2.45, 2.75) is 19.3 Å². The zero-order valence-electron chi connectivity index (χ0n) is 16.0. The lowest BCUT2D eigenvalue weighted by molar-refractivity contribution is -0.116. The summed E-state index contributed by atoms with van der Waals surface area (Å²) in [6.45, 7) is 2.10. The number of nitrogens with one attached hydrogen (secondary N) is 1. The van der Waals surface area contributed by atoms with Crippen molar-refractivity contribution in [3.8, 4) is 29.8 Å². The van der Waals surface area contributed by atoms with Gasteiger partial charge in [0.1, 0.15) is 18.2 Å². The number of terminal acetylenes is 1. The Morgan fingerprint density at radius 1 is 1.31 bits per heavy atom. The fourth-order valence-corrected chi connectivity index (χ4v) is 3.48. The number of rotatable bonds is 5. The normalized spacial score (nSPS) is 15.2. The first-order chi connectivity index (χ1) is 14.1. The zero-order valence-corrected chi connectivity index (χ0v) is 16.0. The Morgan fingerprint density at radius 3 is 2.90 bits per heavy atom. The molecule has 1 aliphatic rings. The van der Waals surface area contributed by atoms with Crippen LogP contribution in [0, 0.1) is 19.3 Å².